The van der Waals surface area contributed by atoms with E-state index in [1.807, 2.05) is 20.8 Å². The largest absolute Gasteiger partial charge is 0.428 e. The second-order valence-corrected chi connectivity index (χ2v) is 11.8. The minimum Gasteiger partial charge on any atom is -0.394 e. The average Bonchev–Trinajstić information content (AvgIpc) is 2.44. The van der Waals surface area contributed by atoms with E-state index in [0.717, 1.165) is 6.08 Å². The maximum atomic E-state index is 14.2. The van der Waals surface area contributed by atoms with Crippen LogP contribution in [0.1, 0.15) is 41.5 Å². The molecule has 0 N–H and O–H groups in total. The van der Waals surface area contributed by atoms with Crippen LogP contribution in [0.3, 0.4) is 0 Å². The van der Waals surface area contributed by atoms with Gasteiger partial charge in [-0.1, -0.05) is 53.7 Å². The molecule has 0 aromatic heterocycles. The van der Waals surface area contributed by atoms with E-state index in [0.29, 0.717) is 18.1 Å². The van der Waals surface area contributed by atoms with Gasteiger partial charge in [-0.2, -0.15) is 13.2 Å². The molecule has 1 atom stereocenters. The molecular weight excluding hydrogens is 321 g/mol. The van der Waals surface area contributed by atoms with E-state index in [1.165, 1.54) is 12.2 Å². The van der Waals surface area contributed by atoms with E-state index in [1.54, 1.807) is 20.8 Å². The van der Waals surface area contributed by atoms with Crippen molar-refractivity contribution in [2.75, 3.05) is 0 Å². The zero-order chi connectivity index (χ0) is 18.1. The summed E-state index contributed by atoms with van der Waals surface area (Å²) in [4.78, 5) is 12.5. The highest BCUT2D eigenvalue weighted by molar-refractivity contribution is 6.73. The minimum atomic E-state index is -4.79. The number of allylic oxidation sites excluding steroid dienone is 2. The number of ketones is 1. The monoisotopic (exact) mass is 348 g/mol. The van der Waals surface area contributed by atoms with Crippen molar-refractivity contribution in [3.63, 3.8) is 0 Å². The Morgan fingerprint density at radius 3 is 1.91 bits per heavy atom. The Labute approximate surface area is 137 Å². The van der Waals surface area contributed by atoms with E-state index in [4.69, 9.17) is 4.43 Å². The molecule has 0 saturated heterocycles. The van der Waals surface area contributed by atoms with Crippen LogP contribution in [0.15, 0.2) is 23.8 Å². The summed E-state index contributed by atoms with van der Waals surface area (Å²) >= 11 is 0. The van der Waals surface area contributed by atoms with Crippen molar-refractivity contribution >= 4 is 14.1 Å². The molecule has 0 saturated carbocycles. The smallest absolute Gasteiger partial charge is 0.394 e. The molecule has 0 bridgehead atoms. The second-order valence-electron chi connectivity index (χ2n) is 7.08. The van der Waals surface area contributed by atoms with Gasteiger partial charge in [-0.15, -0.1) is 0 Å². The fraction of sp³-hybridized carbons (Fsp3) is 0.706. The third-order valence-electron chi connectivity index (χ3n) is 4.75. The number of hydrogen-bond acceptors (Lipinski definition) is 2. The lowest BCUT2D eigenvalue weighted by Gasteiger charge is -2.47. The first-order valence-electron chi connectivity index (χ1n) is 8.11. The maximum absolute atomic E-state index is 14.2. The van der Waals surface area contributed by atoms with Crippen LogP contribution in [-0.2, 0) is 9.22 Å². The molecule has 0 spiro atoms. The topological polar surface area (TPSA) is 26.3 Å². The summed E-state index contributed by atoms with van der Waals surface area (Å²) in [5.41, 5.74) is -3.67. The Kier molecular flexibility index (Phi) is 5.74. The fourth-order valence-corrected chi connectivity index (χ4v) is 6.03. The van der Waals surface area contributed by atoms with Crippen LogP contribution in [0, 0.1) is 5.41 Å². The third kappa shape index (κ3) is 3.48. The lowest BCUT2D eigenvalue weighted by molar-refractivity contribution is -0.232. The first-order chi connectivity index (χ1) is 10.4. The number of rotatable bonds is 5. The minimum absolute atomic E-state index is 0.00257. The van der Waals surface area contributed by atoms with Crippen molar-refractivity contribution < 1.29 is 22.4 Å². The average molecular weight is 348 g/mol. The molecule has 0 amide bonds. The molecule has 0 heterocycles. The van der Waals surface area contributed by atoms with Gasteiger partial charge in [-0.3, -0.25) is 4.79 Å². The van der Waals surface area contributed by atoms with Gasteiger partial charge in [0.1, 0.15) is 0 Å². The van der Waals surface area contributed by atoms with Crippen molar-refractivity contribution in [2.24, 2.45) is 5.41 Å². The summed E-state index contributed by atoms with van der Waals surface area (Å²) in [6.45, 7) is 10.6. The number of carbonyl (C=O) groups is 1. The predicted octanol–water partition coefficient (Wildman–Crippen LogP) is 5.42. The number of hydrogen-bond donors (Lipinski definition) is 0. The van der Waals surface area contributed by atoms with Crippen LogP contribution in [0.5, 0.6) is 0 Å². The Balaban J connectivity index is 3.63. The van der Waals surface area contributed by atoms with Crippen LogP contribution < -0.4 is 0 Å². The number of carbonyl (C=O) groups excluding carboxylic acids is 1. The Hall–Kier alpha value is -0.883. The lowest BCUT2D eigenvalue weighted by Crippen LogP contribution is -2.63. The molecule has 132 valence electrons. The van der Waals surface area contributed by atoms with Crippen molar-refractivity contribution in [3.05, 3.63) is 23.8 Å². The zero-order valence-electron chi connectivity index (χ0n) is 14.8. The highest BCUT2D eigenvalue weighted by Gasteiger charge is 2.67. The van der Waals surface area contributed by atoms with Crippen LogP contribution >= 0.6 is 0 Å². The Bertz CT molecular complexity index is 503. The molecule has 0 aromatic rings. The van der Waals surface area contributed by atoms with E-state index in [2.05, 4.69) is 0 Å². The molecule has 0 fully saturated rings. The van der Waals surface area contributed by atoms with Crippen LogP contribution in [-0.4, -0.2) is 25.9 Å². The molecule has 0 radical (unpaired) electrons. The molecule has 1 aliphatic carbocycles. The molecule has 2 nitrogen and oxygen atoms in total. The van der Waals surface area contributed by atoms with Gasteiger partial charge in [0.2, 0.25) is 5.60 Å². The van der Waals surface area contributed by atoms with Gasteiger partial charge in [-0.25, -0.2) is 0 Å². The zero-order valence-corrected chi connectivity index (χ0v) is 15.8. The van der Waals surface area contributed by atoms with Gasteiger partial charge >= 0.3 is 6.18 Å². The Morgan fingerprint density at radius 1 is 1.09 bits per heavy atom. The van der Waals surface area contributed by atoms with Crippen molar-refractivity contribution in [1.29, 1.82) is 0 Å². The van der Waals surface area contributed by atoms with Crippen molar-refractivity contribution in [2.45, 2.75) is 71.5 Å². The van der Waals surface area contributed by atoms with Gasteiger partial charge < -0.3 is 4.43 Å². The van der Waals surface area contributed by atoms with Crippen LogP contribution in [0.2, 0.25) is 18.1 Å². The summed E-state index contributed by atoms with van der Waals surface area (Å²) in [5.74, 6) is -1.01. The first kappa shape index (κ1) is 20.2. The van der Waals surface area contributed by atoms with Gasteiger partial charge in [0.05, 0.1) is 0 Å². The van der Waals surface area contributed by atoms with Crippen molar-refractivity contribution in [3.8, 4) is 0 Å². The highest BCUT2D eigenvalue weighted by atomic mass is 28.4. The summed E-state index contributed by atoms with van der Waals surface area (Å²) in [5, 5.41) is 0. The molecule has 0 aromatic carbocycles. The fourth-order valence-electron chi connectivity index (χ4n) is 3.12. The summed E-state index contributed by atoms with van der Waals surface area (Å²) in [6.07, 6.45) is -1.01. The normalized spacial score (nSPS) is 23.2. The Morgan fingerprint density at radius 2 is 1.57 bits per heavy atom. The summed E-state index contributed by atoms with van der Waals surface area (Å²) < 4.78 is 48.4. The number of alkyl halides is 3. The van der Waals surface area contributed by atoms with E-state index in [9.17, 15) is 18.0 Å². The van der Waals surface area contributed by atoms with Gasteiger partial charge in [0.15, 0.2) is 14.1 Å². The van der Waals surface area contributed by atoms with Crippen LogP contribution in [0.25, 0.3) is 0 Å². The van der Waals surface area contributed by atoms with Gasteiger partial charge in [-0.05, 0) is 35.2 Å². The van der Waals surface area contributed by atoms with Crippen LogP contribution in [0.4, 0.5) is 13.2 Å². The molecular formula is C17H27F3O2Si. The standard InChI is InChI=1S/C17H27F3O2Si/c1-7-23(8-2,9-3)22-16(17(18,19)20)13(15(4,5)6)11-10-12-14(16)21/h10-12H,7-9H2,1-6H3. The second kappa shape index (κ2) is 6.55. The molecule has 1 aliphatic rings. The predicted molar refractivity (Wildman–Crippen MR) is 88.8 cm³/mol. The molecule has 0 aliphatic heterocycles. The van der Waals surface area contributed by atoms with Gasteiger partial charge in [0.25, 0.3) is 0 Å². The van der Waals surface area contributed by atoms with E-state index >= 15 is 0 Å². The first-order valence-corrected chi connectivity index (χ1v) is 10.6. The molecule has 1 unspecified atom stereocenters. The molecule has 6 heteroatoms. The highest BCUT2D eigenvalue weighted by Crippen LogP contribution is 2.50. The maximum Gasteiger partial charge on any atom is 0.428 e. The van der Waals surface area contributed by atoms with E-state index < -0.39 is 31.3 Å². The number of halogens is 3. The molecule has 23 heavy (non-hydrogen) atoms. The van der Waals surface area contributed by atoms with E-state index in [-0.39, 0.29) is 5.57 Å². The lowest BCUT2D eigenvalue weighted by atomic mass is 9.71. The van der Waals surface area contributed by atoms with Gasteiger partial charge in [0, 0.05) is 0 Å². The quantitative estimate of drug-likeness (QED) is 0.620. The molecule has 1 rings (SSSR count). The SMILES string of the molecule is CC[Si](CC)(CC)OC1(C(F)(F)F)C(=O)C=CC=C1C(C)(C)C. The summed E-state index contributed by atoms with van der Waals surface area (Å²) in [7, 11) is -2.66. The van der Waals surface area contributed by atoms with Crippen molar-refractivity contribution in [1.82, 2.24) is 0 Å². The third-order valence-corrected chi connectivity index (χ3v) is 9.35. The summed E-state index contributed by atoms with van der Waals surface area (Å²) in [6, 6.07) is 1.64.